The van der Waals surface area contributed by atoms with Crippen molar-refractivity contribution in [1.29, 1.82) is 0 Å². The third-order valence-electron chi connectivity index (χ3n) is 3.72. The number of thioether (sulfide) groups is 1. The molecule has 2 N–H and O–H groups in total. The highest BCUT2D eigenvalue weighted by Gasteiger charge is 2.26. The minimum atomic E-state index is -0.584. The summed E-state index contributed by atoms with van der Waals surface area (Å²) < 4.78 is 27.9. The second kappa shape index (κ2) is 7.01. The molecule has 0 aliphatic carbocycles. The molecular weight excluding hydrogens is 382 g/mol. The molecule has 3 rings (SSSR count). The van der Waals surface area contributed by atoms with Gasteiger partial charge in [0, 0.05) is 21.9 Å². The van der Waals surface area contributed by atoms with Crippen molar-refractivity contribution in [3.8, 4) is 0 Å². The Labute approximate surface area is 146 Å². The van der Waals surface area contributed by atoms with E-state index >= 15 is 0 Å². The maximum atomic E-state index is 13.9. The Balaban J connectivity index is 1.77. The molecule has 1 heterocycles. The van der Waals surface area contributed by atoms with E-state index in [0.717, 1.165) is 17.0 Å². The smallest absolute Gasteiger partial charge is 0.131 e. The number of nitrogens with zero attached hydrogens (tertiary/aromatic N) is 1. The highest BCUT2D eigenvalue weighted by Crippen LogP contribution is 2.33. The van der Waals surface area contributed by atoms with Crippen LogP contribution in [0.15, 0.2) is 51.9 Å². The van der Waals surface area contributed by atoms with E-state index in [-0.39, 0.29) is 11.3 Å². The van der Waals surface area contributed by atoms with Crippen LogP contribution in [0.4, 0.5) is 8.78 Å². The number of benzene rings is 2. The predicted octanol–water partition coefficient (Wildman–Crippen LogP) is 4.48. The van der Waals surface area contributed by atoms with Gasteiger partial charge in [-0.2, -0.15) is 0 Å². The summed E-state index contributed by atoms with van der Waals surface area (Å²) in [6.07, 6.45) is 0.776. The molecular formula is C17H15BrF2N2S. The van der Waals surface area contributed by atoms with Gasteiger partial charge in [-0.05, 0) is 30.2 Å². The zero-order chi connectivity index (χ0) is 16.4. The van der Waals surface area contributed by atoms with Gasteiger partial charge in [0.15, 0.2) is 0 Å². The standard InChI is InChI=1S/C17H15BrF2N2S/c18-11-3-1-2-10(6-11)7-16-17(21)22-15(9-23-16)13-5-4-12(19)8-14(13)20/h1-6,8,15-16H,7,9H2,(H2,21,22). The van der Waals surface area contributed by atoms with Gasteiger partial charge in [-0.15, -0.1) is 11.8 Å². The molecule has 0 fully saturated rings. The molecule has 2 atom stereocenters. The molecule has 1 aliphatic rings. The van der Waals surface area contributed by atoms with Gasteiger partial charge in [0.05, 0.1) is 11.3 Å². The lowest BCUT2D eigenvalue weighted by Gasteiger charge is -2.26. The lowest BCUT2D eigenvalue weighted by Crippen LogP contribution is -2.33. The SMILES string of the molecule is NC1=NC(c2ccc(F)cc2F)CSC1Cc1cccc(Br)c1. The average Bonchev–Trinajstić information content (AvgIpc) is 2.49. The van der Waals surface area contributed by atoms with Crippen LogP contribution in [-0.4, -0.2) is 16.8 Å². The molecule has 0 bridgehead atoms. The number of aliphatic imine (C=N–C) groups is 1. The molecule has 2 aromatic carbocycles. The maximum absolute atomic E-state index is 13.9. The Hall–Kier alpha value is -1.40. The summed E-state index contributed by atoms with van der Waals surface area (Å²) >= 11 is 5.11. The third-order valence-corrected chi connectivity index (χ3v) is 5.53. The highest BCUT2D eigenvalue weighted by molar-refractivity contribution is 9.10. The van der Waals surface area contributed by atoms with Gasteiger partial charge in [0.2, 0.25) is 0 Å². The van der Waals surface area contributed by atoms with Crippen molar-refractivity contribution < 1.29 is 8.78 Å². The van der Waals surface area contributed by atoms with E-state index in [9.17, 15) is 8.78 Å². The molecule has 1 aliphatic heterocycles. The Morgan fingerprint density at radius 2 is 2.04 bits per heavy atom. The Bertz CT molecular complexity index is 751. The minimum Gasteiger partial charge on any atom is -0.387 e. The second-order valence-electron chi connectivity index (χ2n) is 5.39. The largest absolute Gasteiger partial charge is 0.387 e. The highest BCUT2D eigenvalue weighted by atomic mass is 79.9. The first-order valence-electron chi connectivity index (χ1n) is 7.17. The van der Waals surface area contributed by atoms with Crippen LogP contribution in [0.2, 0.25) is 0 Å². The van der Waals surface area contributed by atoms with Crippen LogP contribution in [0, 0.1) is 11.6 Å². The van der Waals surface area contributed by atoms with Gasteiger partial charge in [0.25, 0.3) is 0 Å². The summed E-state index contributed by atoms with van der Waals surface area (Å²) in [6, 6.07) is 11.3. The van der Waals surface area contributed by atoms with Crippen LogP contribution in [0.5, 0.6) is 0 Å². The quantitative estimate of drug-likeness (QED) is 0.829. The summed E-state index contributed by atoms with van der Waals surface area (Å²) in [5, 5.41) is 0.0732. The Kier molecular flexibility index (Phi) is 5.02. The number of nitrogens with two attached hydrogens (primary N) is 1. The molecule has 0 radical (unpaired) electrons. The van der Waals surface area contributed by atoms with E-state index in [1.54, 1.807) is 11.8 Å². The van der Waals surface area contributed by atoms with E-state index < -0.39 is 11.6 Å². The average molecular weight is 397 g/mol. The fourth-order valence-corrected chi connectivity index (χ4v) is 4.22. The van der Waals surface area contributed by atoms with Gasteiger partial charge in [-0.1, -0.05) is 34.1 Å². The molecule has 0 amide bonds. The van der Waals surface area contributed by atoms with Crippen LogP contribution < -0.4 is 5.73 Å². The summed E-state index contributed by atoms with van der Waals surface area (Å²) in [5.74, 6) is -0.0196. The Morgan fingerprint density at radius 3 is 2.74 bits per heavy atom. The van der Waals surface area contributed by atoms with Crippen LogP contribution in [-0.2, 0) is 6.42 Å². The molecule has 6 heteroatoms. The molecule has 2 unspecified atom stereocenters. The fraction of sp³-hybridized carbons (Fsp3) is 0.235. The van der Waals surface area contributed by atoms with Gasteiger partial charge in [-0.25, -0.2) is 8.78 Å². The molecule has 2 nitrogen and oxygen atoms in total. The van der Waals surface area contributed by atoms with Crippen molar-refractivity contribution in [2.24, 2.45) is 10.7 Å². The molecule has 2 aromatic rings. The lowest BCUT2D eigenvalue weighted by atomic mass is 10.1. The number of halogens is 3. The van der Waals surface area contributed by atoms with Crippen molar-refractivity contribution in [2.75, 3.05) is 5.75 Å². The van der Waals surface area contributed by atoms with Crippen molar-refractivity contribution >= 4 is 33.5 Å². The van der Waals surface area contributed by atoms with Crippen molar-refractivity contribution in [2.45, 2.75) is 17.7 Å². The van der Waals surface area contributed by atoms with Gasteiger partial charge >= 0.3 is 0 Å². The first-order chi connectivity index (χ1) is 11.0. The fourth-order valence-electron chi connectivity index (χ4n) is 2.57. The number of amidine groups is 1. The van der Waals surface area contributed by atoms with Crippen LogP contribution in [0.1, 0.15) is 17.2 Å². The van der Waals surface area contributed by atoms with E-state index in [4.69, 9.17) is 5.73 Å². The van der Waals surface area contributed by atoms with Gasteiger partial charge < -0.3 is 5.73 Å². The maximum Gasteiger partial charge on any atom is 0.131 e. The molecule has 120 valence electrons. The van der Waals surface area contributed by atoms with E-state index in [1.807, 2.05) is 18.2 Å². The predicted molar refractivity (Wildman–Crippen MR) is 94.8 cm³/mol. The van der Waals surface area contributed by atoms with E-state index in [2.05, 4.69) is 27.0 Å². The lowest BCUT2D eigenvalue weighted by molar-refractivity contribution is 0.562. The first-order valence-corrected chi connectivity index (χ1v) is 9.01. The van der Waals surface area contributed by atoms with Crippen molar-refractivity contribution in [3.05, 3.63) is 69.7 Å². The summed E-state index contributed by atoms with van der Waals surface area (Å²) in [7, 11) is 0. The molecule has 0 saturated carbocycles. The molecule has 23 heavy (non-hydrogen) atoms. The van der Waals surface area contributed by atoms with E-state index in [0.29, 0.717) is 17.2 Å². The van der Waals surface area contributed by atoms with Crippen LogP contribution >= 0.6 is 27.7 Å². The topological polar surface area (TPSA) is 38.4 Å². The van der Waals surface area contributed by atoms with Crippen LogP contribution in [0.25, 0.3) is 0 Å². The first kappa shape index (κ1) is 16.5. The summed E-state index contributed by atoms with van der Waals surface area (Å²) in [4.78, 5) is 4.44. The molecule has 0 saturated heterocycles. The normalized spacial score (nSPS) is 21.1. The third kappa shape index (κ3) is 3.93. The monoisotopic (exact) mass is 396 g/mol. The number of hydrogen-bond donors (Lipinski definition) is 1. The molecule has 0 spiro atoms. The summed E-state index contributed by atoms with van der Waals surface area (Å²) in [6.45, 7) is 0. The molecule has 0 aromatic heterocycles. The van der Waals surface area contributed by atoms with E-state index in [1.165, 1.54) is 17.7 Å². The van der Waals surface area contributed by atoms with Crippen molar-refractivity contribution in [1.82, 2.24) is 0 Å². The second-order valence-corrected chi connectivity index (χ2v) is 7.54. The number of hydrogen-bond acceptors (Lipinski definition) is 3. The number of rotatable bonds is 3. The van der Waals surface area contributed by atoms with Crippen LogP contribution in [0.3, 0.4) is 0 Å². The minimum absolute atomic E-state index is 0.0732. The Morgan fingerprint density at radius 1 is 1.22 bits per heavy atom. The van der Waals surface area contributed by atoms with Gasteiger partial charge in [0.1, 0.15) is 17.5 Å². The summed E-state index contributed by atoms with van der Waals surface area (Å²) in [5.41, 5.74) is 7.65. The zero-order valence-corrected chi connectivity index (χ0v) is 14.6. The van der Waals surface area contributed by atoms with Gasteiger partial charge in [-0.3, -0.25) is 4.99 Å². The van der Waals surface area contributed by atoms with Crippen molar-refractivity contribution in [3.63, 3.8) is 0 Å². The zero-order valence-electron chi connectivity index (χ0n) is 12.2.